The Bertz CT molecular complexity index is 739. The first kappa shape index (κ1) is 15.0. The van der Waals surface area contributed by atoms with E-state index in [4.69, 9.17) is 21.4 Å². The number of carbonyl (C=O) groups is 1. The topological polar surface area (TPSA) is 139 Å². The largest absolute Gasteiger partial charge is 0.476 e. The highest BCUT2D eigenvalue weighted by Gasteiger charge is 2.11. The molecule has 0 unspecified atom stereocenters. The fourth-order valence-corrected chi connectivity index (χ4v) is 1.45. The summed E-state index contributed by atoms with van der Waals surface area (Å²) in [5.41, 5.74) is 8.44. The van der Waals surface area contributed by atoms with Crippen LogP contribution in [0, 0.1) is 11.8 Å². The molecular weight excluding hydrogens is 286 g/mol. The SMILES string of the molecule is NN/C(Oc1ccc(C#Cc2cn[nH]c2)cc1)=C(\N)C(=O)O. The molecule has 0 fully saturated rings. The molecule has 0 radical (unpaired) electrons. The van der Waals surface area contributed by atoms with E-state index in [1.54, 1.807) is 36.7 Å². The van der Waals surface area contributed by atoms with E-state index in [1.807, 2.05) is 0 Å². The highest BCUT2D eigenvalue weighted by molar-refractivity contribution is 5.85. The van der Waals surface area contributed by atoms with E-state index in [2.05, 4.69) is 27.5 Å². The number of benzene rings is 1. The number of aromatic amines is 1. The minimum absolute atomic E-state index is 0.246. The van der Waals surface area contributed by atoms with Crippen molar-refractivity contribution in [3.8, 4) is 17.6 Å². The fourth-order valence-electron chi connectivity index (χ4n) is 1.45. The average Bonchev–Trinajstić information content (AvgIpc) is 3.04. The van der Waals surface area contributed by atoms with E-state index in [-0.39, 0.29) is 5.88 Å². The van der Waals surface area contributed by atoms with Gasteiger partial charge in [0.25, 0.3) is 0 Å². The molecule has 0 spiro atoms. The summed E-state index contributed by atoms with van der Waals surface area (Å²) in [6, 6.07) is 6.67. The Morgan fingerprint density at radius 2 is 1.95 bits per heavy atom. The van der Waals surface area contributed by atoms with Crippen LogP contribution in [0.4, 0.5) is 0 Å². The molecule has 0 saturated carbocycles. The smallest absolute Gasteiger partial charge is 0.357 e. The van der Waals surface area contributed by atoms with Crippen LogP contribution in [0.2, 0.25) is 0 Å². The zero-order valence-corrected chi connectivity index (χ0v) is 11.3. The third-order valence-electron chi connectivity index (χ3n) is 2.53. The predicted molar refractivity (Wildman–Crippen MR) is 77.8 cm³/mol. The van der Waals surface area contributed by atoms with Crippen molar-refractivity contribution >= 4 is 5.97 Å². The molecule has 8 nitrogen and oxygen atoms in total. The van der Waals surface area contributed by atoms with Crippen LogP contribution in [-0.4, -0.2) is 21.3 Å². The van der Waals surface area contributed by atoms with Gasteiger partial charge in [-0.2, -0.15) is 5.10 Å². The van der Waals surface area contributed by atoms with Crippen molar-refractivity contribution in [2.45, 2.75) is 0 Å². The monoisotopic (exact) mass is 299 g/mol. The quantitative estimate of drug-likeness (QED) is 0.174. The third-order valence-corrected chi connectivity index (χ3v) is 2.53. The number of aliphatic carboxylic acids is 1. The Kier molecular flexibility index (Phi) is 4.64. The van der Waals surface area contributed by atoms with Gasteiger partial charge in [-0.25, -0.2) is 10.6 Å². The molecule has 1 aromatic carbocycles. The predicted octanol–water partition coefficient (Wildman–Crippen LogP) is -0.136. The molecular formula is C14H13N5O3. The zero-order valence-electron chi connectivity index (χ0n) is 11.3. The zero-order chi connectivity index (χ0) is 15.9. The molecule has 0 atom stereocenters. The number of rotatable bonds is 4. The van der Waals surface area contributed by atoms with E-state index in [0.717, 1.165) is 11.1 Å². The van der Waals surface area contributed by atoms with Crippen LogP contribution in [0.1, 0.15) is 11.1 Å². The van der Waals surface area contributed by atoms with Crippen LogP contribution in [0.15, 0.2) is 48.2 Å². The number of aromatic nitrogens is 2. The second kappa shape index (κ2) is 6.83. The molecule has 7 N–H and O–H groups in total. The Hall–Kier alpha value is -3.44. The maximum Gasteiger partial charge on any atom is 0.357 e. The summed E-state index contributed by atoms with van der Waals surface area (Å²) in [5.74, 6) is 9.83. The van der Waals surface area contributed by atoms with Crippen molar-refractivity contribution in [3.05, 3.63) is 59.4 Å². The minimum Gasteiger partial charge on any atom is -0.476 e. The second-order valence-electron chi connectivity index (χ2n) is 4.06. The van der Waals surface area contributed by atoms with Crippen LogP contribution in [0.25, 0.3) is 0 Å². The summed E-state index contributed by atoms with van der Waals surface area (Å²) in [6.07, 6.45) is 3.30. The highest BCUT2D eigenvalue weighted by atomic mass is 16.5. The van der Waals surface area contributed by atoms with Crippen molar-refractivity contribution < 1.29 is 14.6 Å². The number of nitrogens with zero attached hydrogens (tertiary/aromatic N) is 1. The molecule has 8 heteroatoms. The van der Waals surface area contributed by atoms with Gasteiger partial charge in [-0.15, -0.1) is 0 Å². The molecule has 1 heterocycles. The minimum atomic E-state index is -1.34. The Balaban J connectivity index is 2.12. The van der Waals surface area contributed by atoms with Gasteiger partial charge in [0.1, 0.15) is 5.75 Å². The number of hydrogen-bond acceptors (Lipinski definition) is 6. The van der Waals surface area contributed by atoms with Gasteiger partial charge in [-0.3, -0.25) is 10.5 Å². The normalized spacial score (nSPS) is 11.0. The summed E-state index contributed by atoms with van der Waals surface area (Å²) in [4.78, 5) is 10.8. The Morgan fingerprint density at radius 1 is 1.27 bits per heavy atom. The van der Waals surface area contributed by atoms with Gasteiger partial charge in [0.2, 0.25) is 5.88 Å². The molecule has 112 valence electrons. The summed E-state index contributed by atoms with van der Waals surface area (Å²) in [7, 11) is 0. The van der Waals surface area contributed by atoms with E-state index in [1.165, 1.54) is 0 Å². The van der Waals surface area contributed by atoms with Gasteiger partial charge in [0.15, 0.2) is 5.70 Å². The third kappa shape index (κ3) is 3.78. The van der Waals surface area contributed by atoms with Crippen LogP contribution < -0.4 is 21.7 Å². The Labute approximate surface area is 125 Å². The number of carboxylic acid groups (broad SMARTS) is 1. The van der Waals surface area contributed by atoms with Gasteiger partial charge in [0, 0.05) is 11.8 Å². The number of H-pyrrole nitrogens is 1. The lowest BCUT2D eigenvalue weighted by Crippen LogP contribution is -2.31. The van der Waals surface area contributed by atoms with Crippen molar-refractivity contribution in [2.75, 3.05) is 0 Å². The Morgan fingerprint density at radius 3 is 2.50 bits per heavy atom. The summed E-state index contributed by atoms with van der Waals surface area (Å²) >= 11 is 0. The maximum atomic E-state index is 10.8. The molecule has 0 bridgehead atoms. The lowest BCUT2D eigenvalue weighted by Gasteiger charge is -2.10. The first-order valence-electron chi connectivity index (χ1n) is 6.08. The molecule has 2 rings (SSSR count). The number of ether oxygens (including phenoxy) is 1. The summed E-state index contributed by atoms with van der Waals surface area (Å²) in [6.45, 7) is 0. The molecule has 1 aromatic heterocycles. The molecule has 0 aliphatic carbocycles. The molecule has 22 heavy (non-hydrogen) atoms. The summed E-state index contributed by atoms with van der Waals surface area (Å²) < 4.78 is 5.27. The van der Waals surface area contributed by atoms with Crippen molar-refractivity contribution in [3.63, 3.8) is 0 Å². The van der Waals surface area contributed by atoms with E-state index in [0.29, 0.717) is 5.75 Å². The number of nitrogens with one attached hydrogen (secondary N) is 2. The molecule has 2 aromatic rings. The first-order chi connectivity index (χ1) is 10.6. The molecule has 0 amide bonds. The second-order valence-corrected chi connectivity index (χ2v) is 4.06. The van der Waals surface area contributed by atoms with Crippen LogP contribution in [0.3, 0.4) is 0 Å². The number of hydrazine groups is 1. The van der Waals surface area contributed by atoms with Crippen molar-refractivity contribution in [1.29, 1.82) is 0 Å². The van der Waals surface area contributed by atoms with Gasteiger partial charge >= 0.3 is 5.97 Å². The van der Waals surface area contributed by atoms with Crippen molar-refractivity contribution in [2.24, 2.45) is 11.6 Å². The van der Waals surface area contributed by atoms with Gasteiger partial charge < -0.3 is 15.6 Å². The maximum absolute atomic E-state index is 10.8. The molecule has 0 aliphatic heterocycles. The van der Waals surface area contributed by atoms with E-state index in [9.17, 15) is 4.79 Å². The van der Waals surface area contributed by atoms with Crippen LogP contribution >= 0.6 is 0 Å². The van der Waals surface area contributed by atoms with Gasteiger partial charge in [0.05, 0.1) is 11.8 Å². The van der Waals surface area contributed by atoms with Gasteiger partial charge in [-0.05, 0) is 24.3 Å². The van der Waals surface area contributed by atoms with Crippen LogP contribution in [0.5, 0.6) is 5.75 Å². The molecule has 0 aliphatic rings. The van der Waals surface area contributed by atoms with E-state index >= 15 is 0 Å². The molecule has 0 saturated heterocycles. The van der Waals surface area contributed by atoms with Crippen molar-refractivity contribution in [1.82, 2.24) is 15.6 Å². The lowest BCUT2D eigenvalue weighted by molar-refractivity contribution is -0.132. The highest BCUT2D eigenvalue weighted by Crippen LogP contribution is 2.14. The number of nitrogens with two attached hydrogens (primary N) is 2. The average molecular weight is 299 g/mol. The van der Waals surface area contributed by atoms with E-state index < -0.39 is 11.7 Å². The lowest BCUT2D eigenvalue weighted by atomic mass is 10.2. The fraction of sp³-hybridized carbons (Fsp3) is 0. The van der Waals surface area contributed by atoms with Crippen LogP contribution in [-0.2, 0) is 4.79 Å². The standard InChI is InChI=1S/C14H13N5O3/c15-12(14(20)21)13(19-16)22-11-5-3-9(4-6-11)1-2-10-7-17-18-8-10/h3-8,19H,15-16H2,(H,17,18)(H,20,21)/b13-12+. The number of hydrogen-bond donors (Lipinski definition) is 5. The number of carboxylic acids is 1. The summed E-state index contributed by atoms with van der Waals surface area (Å²) in [5, 5.41) is 15.2. The van der Waals surface area contributed by atoms with Gasteiger partial charge in [-0.1, -0.05) is 11.8 Å². The first-order valence-corrected chi connectivity index (χ1v) is 6.08.